The monoisotopic (exact) mass is 428 g/mol. The molecule has 2 N–H and O–H groups in total. The van der Waals surface area contributed by atoms with Crippen molar-refractivity contribution in [1.82, 2.24) is 14.8 Å². The molecule has 1 atom stereocenters. The van der Waals surface area contributed by atoms with E-state index in [-0.39, 0.29) is 11.6 Å². The Balaban J connectivity index is 1.82. The zero-order chi connectivity index (χ0) is 22.8. The number of hydrogen-bond acceptors (Lipinski definition) is 5. The smallest absolute Gasteiger partial charge is 0.340 e. The molecule has 32 heavy (non-hydrogen) atoms. The third-order valence-electron chi connectivity index (χ3n) is 5.21. The highest BCUT2D eigenvalue weighted by molar-refractivity contribution is 6.04. The molecule has 0 saturated carbocycles. The second kappa shape index (κ2) is 8.63. The Hall–Kier alpha value is -4.00. The number of carbonyl (C=O) groups excluding carboxylic acids is 2. The third kappa shape index (κ3) is 4.09. The van der Waals surface area contributed by atoms with Crippen molar-refractivity contribution in [1.29, 1.82) is 0 Å². The molecule has 2 aromatic heterocycles. The Morgan fingerprint density at radius 3 is 2.34 bits per heavy atom. The molecule has 4 aromatic rings. The van der Waals surface area contributed by atoms with Crippen molar-refractivity contribution in [2.24, 2.45) is 5.73 Å². The lowest BCUT2D eigenvalue weighted by Gasteiger charge is -2.16. The van der Waals surface area contributed by atoms with E-state index in [4.69, 9.17) is 15.5 Å². The average molecular weight is 428 g/mol. The number of aromatic nitrogens is 3. The fourth-order valence-corrected chi connectivity index (χ4v) is 3.53. The molecule has 0 aliphatic carbocycles. The van der Waals surface area contributed by atoms with Crippen LogP contribution in [-0.4, -0.2) is 26.6 Å². The second-order valence-electron chi connectivity index (χ2n) is 7.94. The van der Waals surface area contributed by atoms with Crippen LogP contribution in [0.1, 0.15) is 47.5 Å². The van der Waals surface area contributed by atoms with E-state index in [9.17, 15) is 9.59 Å². The van der Waals surface area contributed by atoms with Gasteiger partial charge in [0.2, 0.25) is 6.10 Å². The molecule has 0 aliphatic rings. The number of nitrogens with two attached hydrogens (primary N) is 1. The summed E-state index contributed by atoms with van der Waals surface area (Å²) < 4.78 is 7.35. The second-order valence-corrected chi connectivity index (χ2v) is 7.94. The summed E-state index contributed by atoms with van der Waals surface area (Å²) in [4.78, 5) is 30.1. The Morgan fingerprint density at radius 1 is 1.03 bits per heavy atom. The Labute approximate surface area is 185 Å². The van der Waals surface area contributed by atoms with Crippen molar-refractivity contribution in [3.63, 3.8) is 0 Å². The van der Waals surface area contributed by atoms with Crippen LogP contribution in [0.5, 0.6) is 0 Å². The molecule has 2 aromatic carbocycles. The van der Waals surface area contributed by atoms with Gasteiger partial charge in [0.05, 0.1) is 22.8 Å². The maximum Gasteiger partial charge on any atom is 0.340 e. The van der Waals surface area contributed by atoms with Gasteiger partial charge in [-0.05, 0) is 26.8 Å². The summed E-state index contributed by atoms with van der Waals surface area (Å²) in [6.45, 7) is 5.98. The van der Waals surface area contributed by atoms with Gasteiger partial charge in [-0.3, -0.25) is 4.79 Å². The molecule has 7 heteroatoms. The first-order chi connectivity index (χ1) is 15.3. The van der Waals surface area contributed by atoms with Gasteiger partial charge < -0.3 is 10.5 Å². The first-order valence-corrected chi connectivity index (χ1v) is 10.4. The quantitative estimate of drug-likeness (QED) is 0.460. The zero-order valence-corrected chi connectivity index (χ0v) is 18.1. The largest absolute Gasteiger partial charge is 0.444 e. The van der Waals surface area contributed by atoms with Gasteiger partial charge in [0, 0.05) is 17.2 Å². The molecule has 0 aliphatic heterocycles. The molecule has 0 radical (unpaired) electrons. The van der Waals surface area contributed by atoms with E-state index in [0.717, 1.165) is 11.1 Å². The molecule has 4 rings (SSSR count). The van der Waals surface area contributed by atoms with Crippen LogP contribution in [0.2, 0.25) is 0 Å². The van der Waals surface area contributed by atoms with Gasteiger partial charge in [0.1, 0.15) is 0 Å². The van der Waals surface area contributed by atoms with E-state index in [0.29, 0.717) is 22.3 Å². The molecule has 0 bridgehead atoms. The van der Waals surface area contributed by atoms with Crippen molar-refractivity contribution in [3.8, 4) is 11.3 Å². The first-order valence-electron chi connectivity index (χ1n) is 10.4. The molecule has 2 heterocycles. The minimum absolute atomic E-state index is 0.0415. The maximum absolute atomic E-state index is 13.3. The van der Waals surface area contributed by atoms with Crippen LogP contribution in [0.3, 0.4) is 0 Å². The lowest BCUT2D eigenvalue weighted by Crippen LogP contribution is -2.26. The molecule has 1 amide bonds. The van der Waals surface area contributed by atoms with Crippen molar-refractivity contribution < 1.29 is 14.3 Å². The van der Waals surface area contributed by atoms with Crippen LogP contribution in [0.4, 0.5) is 0 Å². The highest BCUT2D eigenvalue weighted by Crippen LogP contribution is 2.28. The van der Waals surface area contributed by atoms with Crippen molar-refractivity contribution in [2.75, 3.05) is 0 Å². The summed E-state index contributed by atoms with van der Waals surface area (Å²) >= 11 is 0. The Bertz CT molecular complexity index is 1280. The fraction of sp³-hybridized carbons (Fsp3) is 0.200. The summed E-state index contributed by atoms with van der Waals surface area (Å²) in [6, 6.07) is 18.3. The van der Waals surface area contributed by atoms with Crippen LogP contribution >= 0.6 is 0 Å². The molecule has 0 saturated heterocycles. The van der Waals surface area contributed by atoms with Crippen LogP contribution < -0.4 is 5.73 Å². The van der Waals surface area contributed by atoms with E-state index in [2.05, 4.69) is 5.10 Å². The van der Waals surface area contributed by atoms with E-state index in [1.807, 2.05) is 51.1 Å². The van der Waals surface area contributed by atoms with Gasteiger partial charge in [0.25, 0.3) is 5.91 Å². The van der Waals surface area contributed by atoms with E-state index < -0.39 is 18.0 Å². The minimum atomic E-state index is -1.20. The van der Waals surface area contributed by atoms with Crippen LogP contribution in [0.15, 0.2) is 66.9 Å². The zero-order valence-electron chi connectivity index (χ0n) is 18.1. The van der Waals surface area contributed by atoms with Crippen molar-refractivity contribution in [2.45, 2.75) is 32.9 Å². The molecule has 162 valence electrons. The predicted molar refractivity (Wildman–Crippen MR) is 122 cm³/mol. The number of esters is 1. The minimum Gasteiger partial charge on any atom is -0.444 e. The SMILES string of the molecule is Cc1ccc(-c2cc(C(=O)OC(C(N)=O)c3ccccc3)c3cnn(C(C)C)c3n2)cc1. The highest BCUT2D eigenvalue weighted by Gasteiger charge is 2.26. The number of fused-ring (bicyclic) bond motifs is 1. The number of ether oxygens (including phenoxy) is 1. The molecule has 0 spiro atoms. The first kappa shape index (κ1) is 21.2. The van der Waals surface area contributed by atoms with Gasteiger partial charge in [-0.15, -0.1) is 0 Å². The average Bonchev–Trinajstić information content (AvgIpc) is 3.22. The van der Waals surface area contributed by atoms with Gasteiger partial charge in [-0.25, -0.2) is 14.5 Å². The van der Waals surface area contributed by atoms with Gasteiger partial charge >= 0.3 is 5.97 Å². The number of aryl methyl sites for hydroxylation is 1. The number of rotatable bonds is 6. The topological polar surface area (TPSA) is 100 Å². The number of hydrogen-bond donors (Lipinski definition) is 1. The molecular weight excluding hydrogens is 404 g/mol. The highest BCUT2D eigenvalue weighted by atomic mass is 16.5. The lowest BCUT2D eigenvalue weighted by molar-refractivity contribution is -0.127. The van der Waals surface area contributed by atoms with Crippen LogP contribution in [-0.2, 0) is 9.53 Å². The Morgan fingerprint density at radius 2 is 1.72 bits per heavy atom. The molecule has 7 nitrogen and oxygen atoms in total. The molecule has 1 unspecified atom stereocenters. The summed E-state index contributed by atoms with van der Waals surface area (Å²) in [5, 5.41) is 4.97. The summed E-state index contributed by atoms with van der Waals surface area (Å²) in [6.07, 6.45) is 0.398. The summed E-state index contributed by atoms with van der Waals surface area (Å²) in [7, 11) is 0. The molecule has 0 fully saturated rings. The number of amides is 1. The summed E-state index contributed by atoms with van der Waals surface area (Å²) in [5.41, 5.74) is 9.49. The van der Waals surface area contributed by atoms with Gasteiger partial charge in [0.15, 0.2) is 5.65 Å². The normalized spacial score (nSPS) is 12.1. The predicted octanol–water partition coefficient (Wildman–Crippen LogP) is 4.37. The van der Waals surface area contributed by atoms with E-state index in [1.54, 1.807) is 41.2 Å². The van der Waals surface area contributed by atoms with Crippen LogP contribution in [0, 0.1) is 6.92 Å². The Kier molecular flexibility index (Phi) is 5.73. The number of carbonyl (C=O) groups is 2. The lowest BCUT2D eigenvalue weighted by atomic mass is 10.1. The summed E-state index contributed by atoms with van der Waals surface area (Å²) in [5.74, 6) is -1.41. The van der Waals surface area contributed by atoms with Crippen molar-refractivity contribution in [3.05, 3.63) is 83.6 Å². The van der Waals surface area contributed by atoms with Gasteiger partial charge in [-0.1, -0.05) is 60.2 Å². The van der Waals surface area contributed by atoms with Crippen molar-refractivity contribution >= 4 is 22.9 Å². The van der Waals surface area contributed by atoms with E-state index >= 15 is 0 Å². The molecular formula is C25H24N4O3. The number of benzene rings is 2. The fourth-order valence-electron chi connectivity index (χ4n) is 3.53. The number of primary amides is 1. The standard InChI is InChI=1S/C25H24N4O3/c1-15(2)29-24-20(14-27-29)19(13-21(28-24)17-11-9-16(3)10-12-17)25(31)32-22(23(26)30)18-7-5-4-6-8-18/h4-15,22H,1-3H3,(H2,26,30). The van der Waals surface area contributed by atoms with Crippen LogP contribution in [0.25, 0.3) is 22.3 Å². The third-order valence-corrected chi connectivity index (χ3v) is 5.21. The van der Waals surface area contributed by atoms with E-state index in [1.165, 1.54) is 0 Å². The maximum atomic E-state index is 13.3. The number of pyridine rings is 1. The number of nitrogens with zero attached hydrogens (tertiary/aromatic N) is 3. The van der Waals surface area contributed by atoms with Gasteiger partial charge in [-0.2, -0.15) is 5.10 Å².